The third-order valence-electron chi connectivity index (χ3n) is 3.29. The molecule has 1 rings (SSSR count). The van der Waals surface area contributed by atoms with E-state index in [1.807, 2.05) is 26.8 Å². The summed E-state index contributed by atoms with van der Waals surface area (Å²) in [7, 11) is 0. The van der Waals surface area contributed by atoms with Gasteiger partial charge >= 0.3 is 0 Å². The number of nitriles is 1. The molecule has 0 saturated carbocycles. The second-order valence-electron chi connectivity index (χ2n) is 6.15. The normalized spacial score (nSPS) is 20.9. The summed E-state index contributed by atoms with van der Waals surface area (Å²) in [6.45, 7) is 8.82. The summed E-state index contributed by atoms with van der Waals surface area (Å²) in [6.07, 6.45) is 6.31. The summed E-state index contributed by atoms with van der Waals surface area (Å²) in [4.78, 5) is 14.2. The summed E-state index contributed by atoms with van der Waals surface area (Å²) in [5.74, 6) is -0.282. The van der Waals surface area contributed by atoms with Crippen LogP contribution in [0, 0.1) is 11.3 Å². The molecule has 1 heterocycles. The van der Waals surface area contributed by atoms with Gasteiger partial charge in [0.2, 0.25) is 0 Å². The summed E-state index contributed by atoms with van der Waals surface area (Å²) in [5, 5.41) is 12.0. The van der Waals surface area contributed by atoms with Gasteiger partial charge in [-0.05, 0) is 46.5 Å². The molecule has 0 aromatic heterocycles. The maximum absolute atomic E-state index is 12.0. The molecule has 0 bridgehead atoms. The summed E-state index contributed by atoms with van der Waals surface area (Å²) >= 11 is 0. The van der Waals surface area contributed by atoms with Gasteiger partial charge in [0.15, 0.2) is 0 Å². The van der Waals surface area contributed by atoms with Gasteiger partial charge < -0.3 is 10.2 Å². The van der Waals surface area contributed by atoms with Crippen molar-refractivity contribution in [3.05, 3.63) is 11.8 Å². The summed E-state index contributed by atoms with van der Waals surface area (Å²) < 4.78 is 0. The van der Waals surface area contributed by atoms with Gasteiger partial charge in [-0.3, -0.25) is 4.79 Å². The predicted molar refractivity (Wildman–Crippen MR) is 76.2 cm³/mol. The van der Waals surface area contributed by atoms with Crippen molar-refractivity contribution in [3.63, 3.8) is 0 Å². The van der Waals surface area contributed by atoms with Crippen LogP contribution in [0.4, 0.5) is 0 Å². The van der Waals surface area contributed by atoms with E-state index < -0.39 is 0 Å². The molecule has 4 nitrogen and oxygen atoms in total. The Balaban J connectivity index is 2.80. The highest BCUT2D eigenvalue weighted by Crippen LogP contribution is 2.20. The van der Waals surface area contributed by atoms with Gasteiger partial charge in [-0.15, -0.1) is 0 Å². The Bertz CT molecular complexity index is 387. The molecule has 1 fully saturated rings. The van der Waals surface area contributed by atoms with Crippen LogP contribution >= 0.6 is 0 Å². The maximum Gasteiger partial charge on any atom is 0.263 e. The lowest BCUT2D eigenvalue weighted by molar-refractivity contribution is -0.118. The maximum atomic E-state index is 12.0. The first kappa shape index (κ1) is 15.6. The van der Waals surface area contributed by atoms with E-state index in [2.05, 4.69) is 17.1 Å². The molecule has 1 saturated heterocycles. The molecular weight excluding hydrogens is 238 g/mol. The number of hydrogen-bond donors (Lipinski definition) is 1. The largest absolute Gasteiger partial charge is 0.373 e. The van der Waals surface area contributed by atoms with E-state index in [0.29, 0.717) is 6.04 Å². The van der Waals surface area contributed by atoms with Crippen molar-refractivity contribution in [2.24, 2.45) is 0 Å². The molecule has 1 aliphatic heterocycles. The lowest BCUT2D eigenvalue weighted by atomic mass is 10.0. The number of amides is 1. The Kier molecular flexibility index (Phi) is 5.41. The lowest BCUT2D eigenvalue weighted by Crippen LogP contribution is -2.42. The number of hydrogen-bond acceptors (Lipinski definition) is 3. The number of piperidine rings is 1. The molecular formula is C15H25N3O. The van der Waals surface area contributed by atoms with Crippen molar-refractivity contribution in [1.29, 1.82) is 5.26 Å². The molecule has 1 aliphatic rings. The third kappa shape index (κ3) is 4.94. The minimum absolute atomic E-state index is 0.204. The predicted octanol–water partition coefficient (Wildman–Crippen LogP) is 2.57. The average Bonchev–Trinajstić information content (AvgIpc) is 2.34. The van der Waals surface area contributed by atoms with Crippen molar-refractivity contribution >= 4 is 5.91 Å². The fraction of sp³-hybridized carbons (Fsp3) is 0.733. The van der Waals surface area contributed by atoms with Gasteiger partial charge in [0.05, 0.1) is 0 Å². The zero-order chi connectivity index (χ0) is 14.5. The Morgan fingerprint density at radius 3 is 2.68 bits per heavy atom. The van der Waals surface area contributed by atoms with Crippen LogP contribution in [0.15, 0.2) is 11.8 Å². The van der Waals surface area contributed by atoms with Crippen molar-refractivity contribution in [3.8, 4) is 6.07 Å². The molecule has 0 radical (unpaired) electrons. The molecule has 0 spiro atoms. The zero-order valence-electron chi connectivity index (χ0n) is 12.5. The molecule has 0 aromatic rings. The smallest absolute Gasteiger partial charge is 0.263 e. The minimum Gasteiger partial charge on any atom is -0.373 e. The van der Waals surface area contributed by atoms with Crippen LogP contribution in [0.25, 0.3) is 0 Å². The summed E-state index contributed by atoms with van der Waals surface area (Å²) in [5.41, 5.74) is -0.116. The van der Waals surface area contributed by atoms with Crippen LogP contribution in [0.1, 0.15) is 53.4 Å². The molecule has 1 unspecified atom stereocenters. The van der Waals surface area contributed by atoms with Crippen LogP contribution in [0.3, 0.4) is 0 Å². The SMILES string of the molecule is CCC1CCCCN1/C=C(/C#N)C(=O)NC(C)(C)C. The van der Waals surface area contributed by atoms with Crippen LogP contribution in [-0.4, -0.2) is 28.9 Å². The second kappa shape index (κ2) is 6.60. The van der Waals surface area contributed by atoms with Gasteiger partial charge in [0.25, 0.3) is 5.91 Å². The van der Waals surface area contributed by atoms with Gasteiger partial charge in [-0.25, -0.2) is 0 Å². The van der Waals surface area contributed by atoms with Crippen molar-refractivity contribution < 1.29 is 4.79 Å². The van der Waals surface area contributed by atoms with E-state index in [9.17, 15) is 10.1 Å². The molecule has 1 amide bonds. The average molecular weight is 263 g/mol. The molecule has 0 aliphatic carbocycles. The number of nitrogens with one attached hydrogen (secondary N) is 1. The lowest BCUT2D eigenvalue weighted by Gasteiger charge is -2.34. The molecule has 1 N–H and O–H groups in total. The molecule has 0 aromatic carbocycles. The number of carbonyl (C=O) groups excluding carboxylic acids is 1. The molecule has 4 heteroatoms. The van der Waals surface area contributed by atoms with E-state index in [-0.39, 0.29) is 17.0 Å². The first-order valence-corrected chi connectivity index (χ1v) is 7.07. The van der Waals surface area contributed by atoms with Crippen molar-refractivity contribution in [2.45, 2.75) is 65.0 Å². The fourth-order valence-electron chi connectivity index (χ4n) is 2.34. The highest BCUT2D eigenvalue weighted by atomic mass is 16.1. The van der Waals surface area contributed by atoms with Gasteiger partial charge in [-0.1, -0.05) is 6.92 Å². The third-order valence-corrected chi connectivity index (χ3v) is 3.29. The highest BCUT2D eigenvalue weighted by Gasteiger charge is 2.22. The highest BCUT2D eigenvalue weighted by molar-refractivity contribution is 5.97. The Morgan fingerprint density at radius 1 is 1.47 bits per heavy atom. The zero-order valence-corrected chi connectivity index (χ0v) is 12.5. The van der Waals surface area contributed by atoms with Crippen LogP contribution in [-0.2, 0) is 4.79 Å². The quantitative estimate of drug-likeness (QED) is 0.629. The summed E-state index contributed by atoms with van der Waals surface area (Å²) in [6, 6.07) is 2.48. The number of carbonyl (C=O) groups is 1. The molecule has 106 valence electrons. The monoisotopic (exact) mass is 263 g/mol. The second-order valence-corrected chi connectivity index (χ2v) is 6.15. The van der Waals surface area contributed by atoms with E-state index in [1.165, 1.54) is 6.42 Å². The van der Waals surface area contributed by atoms with Gasteiger partial charge in [0, 0.05) is 24.3 Å². The number of rotatable bonds is 3. The van der Waals surface area contributed by atoms with E-state index in [0.717, 1.165) is 25.8 Å². The first-order chi connectivity index (χ1) is 8.87. The Morgan fingerprint density at radius 2 is 2.16 bits per heavy atom. The van der Waals surface area contributed by atoms with Crippen LogP contribution in [0.2, 0.25) is 0 Å². The van der Waals surface area contributed by atoms with Crippen LogP contribution in [0.5, 0.6) is 0 Å². The minimum atomic E-state index is -0.320. The Hall–Kier alpha value is -1.50. The Labute approximate surface area is 116 Å². The molecule has 1 atom stereocenters. The van der Waals surface area contributed by atoms with Gasteiger partial charge in [0.1, 0.15) is 11.6 Å². The van der Waals surface area contributed by atoms with E-state index in [1.54, 1.807) is 6.20 Å². The standard InChI is InChI=1S/C15H25N3O/c1-5-13-8-6-7-9-18(13)11-12(10-16)14(19)17-15(2,3)4/h11,13H,5-9H2,1-4H3,(H,17,19)/b12-11-. The fourth-order valence-corrected chi connectivity index (χ4v) is 2.34. The van der Waals surface area contributed by atoms with Gasteiger partial charge in [-0.2, -0.15) is 5.26 Å². The topological polar surface area (TPSA) is 56.1 Å². The van der Waals surface area contributed by atoms with E-state index >= 15 is 0 Å². The molecule has 19 heavy (non-hydrogen) atoms. The van der Waals surface area contributed by atoms with Crippen LogP contribution < -0.4 is 5.32 Å². The first-order valence-electron chi connectivity index (χ1n) is 7.07. The van der Waals surface area contributed by atoms with E-state index in [4.69, 9.17) is 0 Å². The number of nitrogens with zero attached hydrogens (tertiary/aromatic N) is 2. The van der Waals surface area contributed by atoms with Crippen molar-refractivity contribution in [2.75, 3.05) is 6.54 Å². The number of likely N-dealkylation sites (tertiary alicyclic amines) is 1. The van der Waals surface area contributed by atoms with Crippen molar-refractivity contribution in [1.82, 2.24) is 10.2 Å².